The first kappa shape index (κ1) is 49.4. The number of hydrogen-bond acceptors (Lipinski definition) is 14. The number of aliphatic hydroxyl groups is 1. The van der Waals surface area contributed by atoms with E-state index in [1.165, 1.54) is 21.3 Å². The summed E-state index contributed by atoms with van der Waals surface area (Å²) >= 11 is 8.63. The number of aliphatic hydroxyl groups excluding tert-OH is 1. The molecule has 2 aromatic carbocycles. The molecule has 1 aliphatic rings. The monoisotopic (exact) mass is 880 g/mol. The van der Waals surface area contributed by atoms with Gasteiger partial charge in [-0.25, -0.2) is 4.79 Å². The quantitative estimate of drug-likeness (QED) is 0.158. The molecule has 0 saturated carbocycles. The second-order valence-electron chi connectivity index (χ2n) is 15.4. The fourth-order valence-electron chi connectivity index (χ4n) is 6.21. The van der Waals surface area contributed by atoms with Crippen LogP contribution in [0, 0.1) is 17.3 Å². The highest BCUT2D eigenvalue weighted by Crippen LogP contribution is 2.39. The van der Waals surface area contributed by atoms with E-state index in [2.05, 4.69) is 10.6 Å². The van der Waals surface area contributed by atoms with E-state index in [9.17, 15) is 33.9 Å². The maximum absolute atomic E-state index is 14.2. The van der Waals surface area contributed by atoms with Gasteiger partial charge in [-0.1, -0.05) is 68.8 Å². The highest BCUT2D eigenvalue weighted by Gasteiger charge is 2.40. The van der Waals surface area contributed by atoms with Crippen LogP contribution in [0.4, 0.5) is 0 Å². The van der Waals surface area contributed by atoms with E-state index in [0.29, 0.717) is 21.9 Å². The van der Waals surface area contributed by atoms with Gasteiger partial charge < -0.3 is 39.4 Å². The third-order valence-corrected chi connectivity index (χ3v) is 12.6. The Labute approximate surface area is 359 Å². The van der Waals surface area contributed by atoms with Crippen molar-refractivity contribution >= 4 is 70.8 Å². The highest BCUT2D eigenvalue weighted by molar-refractivity contribution is 8.00. The molecular formula is C42H57ClN2O12S2. The number of benzene rings is 2. The summed E-state index contributed by atoms with van der Waals surface area (Å²) in [5.41, 5.74) is -0.00345. The lowest BCUT2D eigenvalue weighted by molar-refractivity contribution is -0.180. The molecule has 0 spiro atoms. The Kier molecular flexibility index (Phi) is 19.8. The fraction of sp³-hybridized carbons (Fsp3) is 0.571. The number of esters is 4. The van der Waals surface area contributed by atoms with Crippen molar-refractivity contribution in [1.29, 1.82) is 0 Å². The molecular weight excluding hydrogens is 824 g/mol. The third-order valence-electron chi connectivity index (χ3n) is 9.77. The molecule has 1 fully saturated rings. The lowest BCUT2D eigenvalue weighted by Gasteiger charge is -2.35. The Morgan fingerprint density at radius 3 is 2.24 bits per heavy atom. The van der Waals surface area contributed by atoms with Crippen LogP contribution in [0.5, 0.6) is 5.75 Å². The summed E-state index contributed by atoms with van der Waals surface area (Å²) in [5, 5.41) is 16.6. The predicted molar refractivity (Wildman–Crippen MR) is 226 cm³/mol. The first-order valence-electron chi connectivity index (χ1n) is 19.3. The summed E-state index contributed by atoms with van der Waals surface area (Å²) in [6.45, 7) is 8.32. The smallest absolute Gasteiger partial charge is 0.347 e. The summed E-state index contributed by atoms with van der Waals surface area (Å²) in [7, 11) is 3.98. The van der Waals surface area contributed by atoms with Crippen LogP contribution >= 0.6 is 35.1 Å². The summed E-state index contributed by atoms with van der Waals surface area (Å²) in [5.74, 6) is -4.61. The number of methoxy groups -OCH3 is 3. The van der Waals surface area contributed by atoms with Crippen molar-refractivity contribution in [2.75, 3.05) is 39.4 Å². The molecule has 17 heteroatoms. The van der Waals surface area contributed by atoms with Crippen LogP contribution in [0.2, 0.25) is 5.02 Å². The summed E-state index contributed by atoms with van der Waals surface area (Å²) in [6.07, 6.45) is -3.86. The van der Waals surface area contributed by atoms with E-state index in [4.69, 9.17) is 35.3 Å². The summed E-state index contributed by atoms with van der Waals surface area (Å²) < 4.78 is 27.1. The zero-order valence-corrected chi connectivity index (χ0v) is 37.2. The first-order chi connectivity index (χ1) is 27.9. The van der Waals surface area contributed by atoms with Gasteiger partial charge in [0, 0.05) is 30.6 Å². The molecule has 0 radical (unpaired) electrons. The zero-order valence-electron chi connectivity index (χ0n) is 34.8. The minimum atomic E-state index is -1.35. The Hall–Kier alpha value is -3.99. The minimum Gasteiger partial charge on any atom is -0.495 e. The van der Waals surface area contributed by atoms with Crippen LogP contribution in [-0.4, -0.2) is 110 Å². The van der Waals surface area contributed by atoms with E-state index in [0.717, 1.165) is 23.5 Å². The number of halogens is 1. The minimum absolute atomic E-state index is 0.0240. The number of carbonyl (C=O) groups is 6. The maximum Gasteiger partial charge on any atom is 0.347 e. The van der Waals surface area contributed by atoms with E-state index >= 15 is 0 Å². The maximum atomic E-state index is 14.2. The van der Waals surface area contributed by atoms with Crippen LogP contribution in [-0.2, 0) is 54.1 Å². The molecule has 3 unspecified atom stereocenters. The van der Waals surface area contributed by atoms with E-state index in [1.54, 1.807) is 51.1 Å². The average Bonchev–Trinajstić information content (AvgIpc) is 3.20. The summed E-state index contributed by atoms with van der Waals surface area (Å²) in [4.78, 5) is 80.4. The molecule has 3 N–H and O–H groups in total. The van der Waals surface area contributed by atoms with Gasteiger partial charge in [-0.2, -0.15) is 0 Å². The van der Waals surface area contributed by atoms with Crippen LogP contribution in [0.15, 0.2) is 48.5 Å². The van der Waals surface area contributed by atoms with Gasteiger partial charge in [0.1, 0.15) is 17.9 Å². The second kappa shape index (κ2) is 23.7. The molecule has 1 heterocycles. The third kappa shape index (κ3) is 15.5. The lowest BCUT2D eigenvalue weighted by atomic mass is 9.89. The molecule has 326 valence electrons. The Morgan fingerprint density at radius 1 is 0.966 bits per heavy atom. The first-order valence-corrected chi connectivity index (χ1v) is 21.8. The number of hydrogen-bond donors (Lipinski definition) is 3. The molecule has 1 aliphatic heterocycles. The molecule has 59 heavy (non-hydrogen) atoms. The Bertz CT molecular complexity index is 1750. The number of thioether (sulfide) groups is 2. The molecule has 0 aromatic heterocycles. The van der Waals surface area contributed by atoms with Crippen molar-refractivity contribution in [3.63, 3.8) is 0 Å². The van der Waals surface area contributed by atoms with Crippen LogP contribution in [0.25, 0.3) is 0 Å². The Balaban J connectivity index is 2.12. The van der Waals surface area contributed by atoms with Crippen molar-refractivity contribution in [2.24, 2.45) is 17.3 Å². The van der Waals surface area contributed by atoms with Gasteiger partial charge in [0.2, 0.25) is 11.8 Å². The van der Waals surface area contributed by atoms with E-state index in [-0.39, 0.29) is 49.7 Å². The van der Waals surface area contributed by atoms with Crippen LogP contribution < -0.4 is 15.4 Å². The van der Waals surface area contributed by atoms with Gasteiger partial charge in [0.25, 0.3) is 0 Å². The number of cyclic esters (lactones) is 2. The molecule has 1 saturated heterocycles. The standard InChI is InChI=1S/C42H57ClN2O12S2/c1-24(2)16-33-40(51)56-32(25(3)37(49)38(59-22-36(48)55-8)27-12-10-9-11-13-27)19-28(58-21-35(47)54-7)20-34(46)45-30(18-26-14-15-31(53-6)29(43)17-26)39(50)44-23-42(4,5)41(52)57-33/h9-15,17,24-25,28,30,32-33,37-38,49H,16,18-23H2,1-8H3,(H,44,50)(H,45,46)/t25-,28?,30?,32-,33?,37+,38-/m0/s1. The SMILES string of the molecule is COC(=O)CSC1CC(=O)NC(Cc2ccc(OC)c(Cl)c2)C(=O)NCC(C)(C)C(=O)OC(CC(C)C)C(=O)O[C@H]([C@H](C)[C@@H](O)[C@@H](SCC(=O)OC)c2ccccc2)C1. The summed E-state index contributed by atoms with van der Waals surface area (Å²) in [6, 6.07) is 12.9. The fourth-order valence-corrected chi connectivity index (χ4v) is 8.80. The van der Waals surface area contributed by atoms with Gasteiger partial charge in [-0.15, -0.1) is 23.5 Å². The molecule has 2 aromatic rings. The molecule has 14 nitrogen and oxygen atoms in total. The second-order valence-corrected chi connectivity index (χ2v) is 18.2. The van der Waals surface area contributed by atoms with Gasteiger partial charge in [-0.05, 0) is 55.9 Å². The number of carbonyl (C=O) groups excluding carboxylic acids is 6. The van der Waals surface area contributed by atoms with Crippen molar-refractivity contribution in [3.05, 3.63) is 64.7 Å². The van der Waals surface area contributed by atoms with E-state index < -0.39 is 81.9 Å². The van der Waals surface area contributed by atoms with Gasteiger partial charge in [-0.3, -0.25) is 24.0 Å². The van der Waals surface area contributed by atoms with Gasteiger partial charge in [0.05, 0.1) is 54.6 Å². The number of ether oxygens (including phenoxy) is 5. The number of amides is 2. The topological polar surface area (TPSA) is 193 Å². The van der Waals surface area contributed by atoms with Gasteiger partial charge in [0.15, 0.2) is 6.10 Å². The largest absolute Gasteiger partial charge is 0.495 e. The van der Waals surface area contributed by atoms with Crippen LogP contribution in [0.3, 0.4) is 0 Å². The molecule has 7 atom stereocenters. The van der Waals surface area contributed by atoms with Crippen molar-refractivity contribution in [1.82, 2.24) is 10.6 Å². The zero-order chi connectivity index (χ0) is 43.9. The van der Waals surface area contributed by atoms with Crippen molar-refractivity contribution in [2.45, 2.75) is 95.2 Å². The molecule has 0 aliphatic carbocycles. The molecule has 2 amide bonds. The van der Waals surface area contributed by atoms with Gasteiger partial charge >= 0.3 is 23.9 Å². The number of rotatable bonds is 15. The van der Waals surface area contributed by atoms with E-state index in [1.807, 2.05) is 32.0 Å². The Morgan fingerprint density at radius 2 is 1.63 bits per heavy atom. The van der Waals surface area contributed by atoms with Crippen molar-refractivity contribution in [3.8, 4) is 5.75 Å². The van der Waals surface area contributed by atoms with Crippen molar-refractivity contribution < 1.29 is 57.6 Å². The highest BCUT2D eigenvalue weighted by atomic mass is 35.5. The lowest BCUT2D eigenvalue weighted by Crippen LogP contribution is -2.52. The molecule has 0 bridgehead atoms. The predicted octanol–water partition coefficient (Wildman–Crippen LogP) is 5.10. The number of nitrogens with one attached hydrogen (secondary N) is 2. The normalized spacial score (nSPS) is 22.2. The average molecular weight is 882 g/mol. The molecule has 3 rings (SSSR count). The van der Waals surface area contributed by atoms with Crippen LogP contribution in [0.1, 0.15) is 70.3 Å².